The normalized spacial score (nSPS) is 12.9. The number of nitrogens with zero attached hydrogens (tertiary/aromatic N) is 2. The van der Waals surface area contributed by atoms with Crippen LogP contribution in [0.2, 0.25) is 0 Å². The van der Waals surface area contributed by atoms with E-state index in [2.05, 4.69) is 10.3 Å². The lowest BCUT2D eigenvalue weighted by molar-refractivity contribution is -0.134. The minimum absolute atomic E-state index is 0.0346. The molecule has 7 nitrogen and oxygen atoms in total. The highest BCUT2D eigenvalue weighted by Gasteiger charge is 2.26. The number of carbonyl (C=O) groups is 2. The summed E-state index contributed by atoms with van der Waals surface area (Å²) in [4.78, 5) is 32.5. The van der Waals surface area contributed by atoms with E-state index in [1.54, 1.807) is 17.0 Å². The summed E-state index contributed by atoms with van der Waals surface area (Å²) in [6, 6.07) is 20.9. The third-order valence-electron chi connectivity index (χ3n) is 5.57. The lowest BCUT2D eigenvalue weighted by Crippen LogP contribution is -2.38. The fourth-order valence-electron chi connectivity index (χ4n) is 3.79. The Hall–Kier alpha value is -3.91. The zero-order chi connectivity index (χ0) is 22.8. The second-order valence-electron chi connectivity index (χ2n) is 7.79. The summed E-state index contributed by atoms with van der Waals surface area (Å²) in [7, 11) is 0. The quantitative estimate of drug-likeness (QED) is 0.439. The smallest absolute Gasteiger partial charge is 0.284 e. The number of ether oxygens (including phenoxy) is 1. The number of benzene rings is 3. The molecule has 0 aliphatic carbocycles. The fourth-order valence-corrected chi connectivity index (χ4v) is 4.80. The number of hydrogen-bond donors (Lipinski definition) is 2. The molecule has 0 atom stereocenters. The number of nitrogen functional groups attached to an aromatic ring is 1. The fraction of sp³-hybridized carbons (Fsp3) is 0.160. The van der Waals surface area contributed by atoms with Gasteiger partial charge in [0.25, 0.3) is 11.8 Å². The first-order valence-corrected chi connectivity index (χ1v) is 11.4. The van der Waals surface area contributed by atoms with E-state index >= 15 is 0 Å². The number of rotatable bonds is 5. The number of carbonyl (C=O) groups excluding carboxylic acids is 2. The Morgan fingerprint density at radius 1 is 1.06 bits per heavy atom. The van der Waals surface area contributed by atoms with Crippen LogP contribution in [0.4, 0.5) is 11.4 Å². The Balaban J connectivity index is 1.21. The van der Waals surface area contributed by atoms with E-state index in [-0.39, 0.29) is 18.4 Å². The molecule has 0 bridgehead atoms. The largest absolute Gasteiger partial charge is 0.484 e. The van der Waals surface area contributed by atoms with Crippen molar-refractivity contribution < 1.29 is 14.3 Å². The molecule has 2 amide bonds. The predicted octanol–water partition coefficient (Wildman–Crippen LogP) is 4.09. The summed E-state index contributed by atoms with van der Waals surface area (Å²) < 4.78 is 5.76. The maximum atomic E-state index is 12.8. The van der Waals surface area contributed by atoms with E-state index in [4.69, 9.17) is 10.5 Å². The monoisotopic (exact) mass is 458 g/mol. The number of anilines is 2. The molecule has 1 aromatic heterocycles. The Morgan fingerprint density at radius 3 is 2.70 bits per heavy atom. The van der Waals surface area contributed by atoms with E-state index in [9.17, 15) is 9.59 Å². The lowest BCUT2D eigenvalue weighted by atomic mass is 10.1. The summed E-state index contributed by atoms with van der Waals surface area (Å²) >= 11 is 1.31. The molecule has 0 saturated heterocycles. The number of thiazole rings is 1. The number of fused-ring (bicyclic) bond motifs is 2. The molecule has 1 aliphatic rings. The van der Waals surface area contributed by atoms with Crippen LogP contribution in [0.1, 0.15) is 20.4 Å². The molecule has 0 radical (unpaired) electrons. The first-order valence-electron chi connectivity index (χ1n) is 10.6. The van der Waals surface area contributed by atoms with Gasteiger partial charge >= 0.3 is 0 Å². The highest BCUT2D eigenvalue weighted by atomic mass is 32.1. The van der Waals surface area contributed by atoms with Crippen LogP contribution in [-0.2, 0) is 17.8 Å². The number of hydrogen-bond acceptors (Lipinski definition) is 6. The van der Waals surface area contributed by atoms with Crippen molar-refractivity contribution >= 4 is 45.3 Å². The molecule has 0 fully saturated rings. The molecular weight excluding hydrogens is 436 g/mol. The second-order valence-corrected chi connectivity index (χ2v) is 8.88. The van der Waals surface area contributed by atoms with Crippen molar-refractivity contribution in [2.24, 2.45) is 0 Å². The van der Waals surface area contributed by atoms with E-state index in [1.165, 1.54) is 11.3 Å². The van der Waals surface area contributed by atoms with Crippen LogP contribution < -0.4 is 15.8 Å². The SMILES string of the molecule is Nc1ccccc1NC(=O)c1nc2c(s1)CN(C(=O)COc1ccc3ccccc3c1)CC2. The summed E-state index contributed by atoms with van der Waals surface area (Å²) in [5, 5.41) is 5.36. The van der Waals surface area contributed by atoms with Gasteiger partial charge in [-0.1, -0.05) is 42.5 Å². The van der Waals surface area contributed by atoms with Gasteiger partial charge in [0, 0.05) is 17.8 Å². The van der Waals surface area contributed by atoms with Crippen LogP contribution >= 0.6 is 11.3 Å². The van der Waals surface area contributed by atoms with Crippen molar-refractivity contribution in [1.82, 2.24) is 9.88 Å². The molecule has 3 N–H and O–H groups in total. The van der Waals surface area contributed by atoms with Crippen LogP contribution in [0.3, 0.4) is 0 Å². The zero-order valence-corrected chi connectivity index (χ0v) is 18.6. The first kappa shape index (κ1) is 21.0. The average Bonchev–Trinajstić information content (AvgIpc) is 3.27. The van der Waals surface area contributed by atoms with Crippen LogP contribution in [0.25, 0.3) is 10.8 Å². The first-order chi connectivity index (χ1) is 16.1. The average molecular weight is 459 g/mol. The van der Waals surface area contributed by atoms with Gasteiger partial charge in [0.05, 0.1) is 23.6 Å². The van der Waals surface area contributed by atoms with Gasteiger partial charge in [-0.2, -0.15) is 0 Å². The molecule has 4 aromatic rings. The van der Waals surface area contributed by atoms with Crippen molar-refractivity contribution in [3.05, 3.63) is 82.3 Å². The minimum Gasteiger partial charge on any atom is -0.484 e. The molecule has 33 heavy (non-hydrogen) atoms. The van der Waals surface area contributed by atoms with Crippen molar-refractivity contribution in [1.29, 1.82) is 0 Å². The van der Waals surface area contributed by atoms with Crippen LogP contribution in [0.15, 0.2) is 66.7 Å². The third-order valence-corrected chi connectivity index (χ3v) is 6.65. The molecule has 0 spiro atoms. The third kappa shape index (κ3) is 4.51. The summed E-state index contributed by atoms with van der Waals surface area (Å²) in [5.41, 5.74) is 7.82. The van der Waals surface area contributed by atoms with Gasteiger partial charge in [-0.25, -0.2) is 4.98 Å². The standard InChI is InChI=1S/C25H22N4O3S/c26-19-7-3-4-8-20(19)27-24(31)25-28-21-11-12-29(14-22(21)33-25)23(30)15-32-18-10-9-16-5-1-2-6-17(16)13-18/h1-10,13H,11-12,14-15,26H2,(H,27,31). The summed E-state index contributed by atoms with van der Waals surface area (Å²) in [6.45, 7) is 0.935. The second kappa shape index (κ2) is 8.91. The Morgan fingerprint density at radius 2 is 1.85 bits per heavy atom. The Labute approximate surface area is 194 Å². The van der Waals surface area contributed by atoms with Gasteiger partial charge in [-0.15, -0.1) is 11.3 Å². The molecule has 166 valence electrons. The maximum Gasteiger partial charge on any atom is 0.284 e. The molecular formula is C25H22N4O3S. The van der Waals surface area contributed by atoms with E-state index in [1.807, 2.05) is 54.6 Å². The van der Waals surface area contributed by atoms with Crippen molar-refractivity contribution in [2.75, 3.05) is 24.2 Å². The zero-order valence-electron chi connectivity index (χ0n) is 17.8. The van der Waals surface area contributed by atoms with E-state index < -0.39 is 0 Å². The molecule has 2 heterocycles. The van der Waals surface area contributed by atoms with Gasteiger partial charge in [0.15, 0.2) is 11.6 Å². The number of nitrogens with two attached hydrogens (primary N) is 1. The van der Waals surface area contributed by atoms with E-state index in [0.29, 0.717) is 41.6 Å². The van der Waals surface area contributed by atoms with E-state index in [0.717, 1.165) is 21.3 Å². The van der Waals surface area contributed by atoms with Crippen molar-refractivity contribution in [2.45, 2.75) is 13.0 Å². The Kier molecular flexibility index (Phi) is 5.66. The topological polar surface area (TPSA) is 97.5 Å². The van der Waals surface area contributed by atoms with Crippen molar-refractivity contribution in [3.63, 3.8) is 0 Å². The molecule has 0 saturated carbocycles. The minimum atomic E-state index is -0.301. The maximum absolute atomic E-state index is 12.8. The van der Waals surface area contributed by atoms with Crippen LogP contribution in [0, 0.1) is 0 Å². The summed E-state index contributed by atoms with van der Waals surface area (Å²) in [6.07, 6.45) is 0.605. The molecule has 8 heteroatoms. The highest BCUT2D eigenvalue weighted by Crippen LogP contribution is 2.27. The van der Waals surface area contributed by atoms with Crippen LogP contribution in [-0.4, -0.2) is 34.8 Å². The number of amides is 2. The van der Waals surface area contributed by atoms with Gasteiger partial charge in [-0.3, -0.25) is 9.59 Å². The molecule has 5 rings (SSSR count). The molecule has 3 aromatic carbocycles. The van der Waals surface area contributed by atoms with Crippen LogP contribution in [0.5, 0.6) is 5.75 Å². The summed E-state index contributed by atoms with van der Waals surface area (Å²) in [5.74, 6) is 0.270. The molecule has 0 unspecified atom stereocenters. The predicted molar refractivity (Wildman–Crippen MR) is 129 cm³/mol. The number of aromatic nitrogens is 1. The molecule has 1 aliphatic heterocycles. The lowest BCUT2D eigenvalue weighted by Gasteiger charge is -2.26. The van der Waals surface area contributed by atoms with Gasteiger partial charge in [-0.05, 0) is 35.0 Å². The number of nitrogens with one attached hydrogen (secondary N) is 1. The van der Waals surface area contributed by atoms with Gasteiger partial charge < -0.3 is 20.7 Å². The Bertz CT molecular complexity index is 1350. The highest BCUT2D eigenvalue weighted by molar-refractivity contribution is 7.13. The van der Waals surface area contributed by atoms with Crippen molar-refractivity contribution in [3.8, 4) is 5.75 Å². The number of para-hydroxylation sites is 2. The van der Waals surface area contributed by atoms with Gasteiger partial charge in [0.1, 0.15) is 5.75 Å². The van der Waals surface area contributed by atoms with Gasteiger partial charge in [0.2, 0.25) is 0 Å².